The molecule has 0 saturated carbocycles. The van der Waals surface area contributed by atoms with Crippen molar-refractivity contribution in [3.63, 3.8) is 0 Å². The van der Waals surface area contributed by atoms with Crippen LogP contribution < -0.4 is 4.90 Å². The zero-order valence-corrected chi connectivity index (χ0v) is 21.0. The summed E-state index contributed by atoms with van der Waals surface area (Å²) in [6.45, 7) is 3.08. The van der Waals surface area contributed by atoms with Crippen LogP contribution in [0.3, 0.4) is 0 Å². The van der Waals surface area contributed by atoms with Crippen LogP contribution in [0.2, 0.25) is 0 Å². The second-order valence-corrected chi connectivity index (χ2v) is 10.1. The molecular formula is C30H29N3O5. The quantitative estimate of drug-likeness (QED) is 0.557. The topological polar surface area (TPSA) is 90.4 Å². The van der Waals surface area contributed by atoms with Crippen LogP contribution in [0.1, 0.15) is 33.0 Å². The molecule has 0 unspecified atom stereocenters. The molecule has 0 aromatic heterocycles. The molecule has 3 aliphatic rings. The number of carboxylic acid groups (broad SMARTS) is 1. The van der Waals surface area contributed by atoms with Gasteiger partial charge in [-0.15, -0.1) is 0 Å². The molecule has 8 heteroatoms. The summed E-state index contributed by atoms with van der Waals surface area (Å²) in [6, 6.07) is 22.3. The van der Waals surface area contributed by atoms with Gasteiger partial charge in [0.2, 0.25) is 0 Å². The van der Waals surface area contributed by atoms with E-state index in [2.05, 4.69) is 29.2 Å². The zero-order valence-electron chi connectivity index (χ0n) is 21.0. The first-order chi connectivity index (χ1) is 18.5. The number of nitrogens with zero attached hydrogens (tertiary/aromatic N) is 3. The van der Waals surface area contributed by atoms with Crippen molar-refractivity contribution in [2.45, 2.75) is 12.5 Å². The Morgan fingerprint density at radius 2 is 1.50 bits per heavy atom. The summed E-state index contributed by atoms with van der Waals surface area (Å²) >= 11 is 0. The normalized spacial score (nSPS) is 17.1. The van der Waals surface area contributed by atoms with Crippen molar-refractivity contribution in [2.75, 3.05) is 50.8 Å². The van der Waals surface area contributed by atoms with Crippen molar-refractivity contribution in [1.82, 2.24) is 9.80 Å². The molecule has 8 nitrogen and oxygen atoms in total. The molecule has 6 rings (SSSR count). The fourth-order valence-corrected chi connectivity index (χ4v) is 5.90. The summed E-state index contributed by atoms with van der Waals surface area (Å²) in [5, 5.41) is 9.11. The minimum atomic E-state index is -0.943. The monoisotopic (exact) mass is 511 g/mol. The van der Waals surface area contributed by atoms with Gasteiger partial charge in [-0.3, -0.25) is 14.5 Å². The molecule has 1 aliphatic carbocycles. The summed E-state index contributed by atoms with van der Waals surface area (Å²) in [5.41, 5.74) is 7.27. The van der Waals surface area contributed by atoms with Crippen molar-refractivity contribution in [3.05, 3.63) is 89.0 Å². The van der Waals surface area contributed by atoms with Gasteiger partial charge in [-0.25, -0.2) is 4.79 Å². The third kappa shape index (κ3) is 4.52. The van der Waals surface area contributed by atoms with E-state index < -0.39 is 5.97 Å². The van der Waals surface area contributed by atoms with Crippen molar-refractivity contribution in [3.8, 4) is 11.1 Å². The Morgan fingerprint density at radius 3 is 2.16 bits per heavy atom. The number of piperazine rings is 1. The highest BCUT2D eigenvalue weighted by Gasteiger charge is 2.31. The third-order valence-electron chi connectivity index (χ3n) is 7.75. The molecule has 1 fully saturated rings. The molecule has 2 heterocycles. The van der Waals surface area contributed by atoms with Crippen molar-refractivity contribution in [1.29, 1.82) is 0 Å². The number of carbonyl (C=O) groups excluding carboxylic acids is 2. The van der Waals surface area contributed by atoms with Gasteiger partial charge in [-0.2, -0.15) is 0 Å². The number of ether oxygens (including phenoxy) is 1. The number of rotatable bonds is 5. The lowest BCUT2D eigenvalue weighted by atomic mass is 9.97. The highest BCUT2D eigenvalue weighted by molar-refractivity contribution is 6.00. The van der Waals surface area contributed by atoms with Gasteiger partial charge in [-0.1, -0.05) is 48.5 Å². The number of fused-ring (bicyclic) bond motifs is 4. The lowest BCUT2D eigenvalue weighted by Gasteiger charge is -2.36. The summed E-state index contributed by atoms with van der Waals surface area (Å²) in [4.78, 5) is 42.1. The molecule has 1 N–H and O–H groups in total. The number of amides is 1. The fourth-order valence-electron chi connectivity index (χ4n) is 5.90. The maximum atomic E-state index is 13.0. The second kappa shape index (κ2) is 9.95. The van der Waals surface area contributed by atoms with Crippen molar-refractivity contribution in [2.24, 2.45) is 0 Å². The molecule has 38 heavy (non-hydrogen) atoms. The Morgan fingerprint density at radius 1 is 0.842 bits per heavy atom. The van der Waals surface area contributed by atoms with Gasteiger partial charge in [0.25, 0.3) is 0 Å². The molecule has 0 radical (unpaired) electrons. The Hall–Kier alpha value is -4.17. The van der Waals surface area contributed by atoms with Crippen LogP contribution in [-0.2, 0) is 16.1 Å². The smallest absolute Gasteiger partial charge is 0.409 e. The van der Waals surface area contributed by atoms with Gasteiger partial charge in [-0.05, 0) is 46.0 Å². The average molecular weight is 512 g/mol. The molecular weight excluding hydrogens is 482 g/mol. The largest absolute Gasteiger partial charge is 0.480 e. The number of carboxylic acids is 1. The lowest BCUT2D eigenvalue weighted by molar-refractivity contribution is -0.138. The summed E-state index contributed by atoms with van der Waals surface area (Å²) in [6.07, 6.45) is -0.299. The van der Waals surface area contributed by atoms with Gasteiger partial charge in [0.05, 0.1) is 13.1 Å². The number of aliphatic carboxylic acids is 1. The Balaban J connectivity index is 1.07. The van der Waals surface area contributed by atoms with Gasteiger partial charge in [0.1, 0.15) is 6.61 Å². The first-order valence-electron chi connectivity index (χ1n) is 12.9. The lowest BCUT2D eigenvalue weighted by Crippen LogP contribution is -2.49. The van der Waals surface area contributed by atoms with E-state index >= 15 is 0 Å². The van der Waals surface area contributed by atoms with E-state index in [0.717, 1.165) is 11.3 Å². The Bertz CT molecular complexity index is 1370. The van der Waals surface area contributed by atoms with E-state index in [0.29, 0.717) is 44.9 Å². The van der Waals surface area contributed by atoms with E-state index in [1.54, 1.807) is 9.80 Å². The van der Waals surface area contributed by atoms with Crippen LogP contribution in [0.25, 0.3) is 11.1 Å². The van der Waals surface area contributed by atoms with Gasteiger partial charge in [0, 0.05) is 49.9 Å². The molecule has 194 valence electrons. The van der Waals surface area contributed by atoms with Crippen LogP contribution in [0.4, 0.5) is 10.5 Å². The second-order valence-electron chi connectivity index (χ2n) is 10.1. The highest BCUT2D eigenvalue weighted by atomic mass is 16.6. The molecule has 0 atom stereocenters. The number of hydrogen-bond acceptors (Lipinski definition) is 6. The first-order valence-corrected chi connectivity index (χ1v) is 12.9. The maximum Gasteiger partial charge on any atom is 0.409 e. The molecule has 3 aromatic carbocycles. The van der Waals surface area contributed by atoms with Crippen molar-refractivity contribution < 1.29 is 24.2 Å². The SMILES string of the molecule is O=C(O)CN1CC(=O)c2ccc(N3CCN(C(=O)OCC4c5ccccc5-c5ccccc54)CC3)cc2C1. The number of ketones is 1. The zero-order chi connectivity index (χ0) is 26.2. The van der Waals surface area contributed by atoms with Crippen LogP contribution in [0.5, 0.6) is 0 Å². The van der Waals surface area contributed by atoms with E-state index in [4.69, 9.17) is 9.84 Å². The first kappa shape index (κ1) is 24.2. The van der Waals surface area contributed by atoms with Gasteiger partial charge < -0.3 is 19.6 Å². The van der Waals surface area contributed by atoms with Crippen LogP contribution >= 0.6 is 0 Å². The number of benzene rings is 3. The van der Waals surface area contributed by atoms with E-state index in [1.165, 1.54) is 22.3 Å². The maximum absolute atomic E-state index is 13.0. The Labute approximate surface area is 221 Å². The fraction of sp³-hybridized carbons (Fsp3) is 0.300. The van der Waals surface area contributed by atoms with Crippen LogP contribution in [-0.4, -0.2) is 78.6 Å². The number of anilines is 1. The predicted octanol–water partition coefficient (Wildman–Crippen LogP) is 3.84. The molecule has 0 spiro atoms. The standard InChI is InChI=1S/C30H29N3O5/c34-28-17-31(18-29(35)36)16-20-15-21(9-10-22(20)28)32-11-13-33(14-12-32)30(37)38-19-27-25-7-3-1-5-23(25)24-6-2-4-8-26(24)27/h1-10,15,27H,11-14,16-19H2,(H,35,36). The van der Waals surface area contributed by atoms with Crippen molar-refractivity contribution >= 4 is 23.5 Å². The third-order valence-corrected chi connectivity index (χ3v) is 7.75. The predicted molar refractivity (Wildman–Crippen MR) is 143 cm³/mol. The van der Waals surface area contributed by atoms with Crippen LogP contribution in [0, 0.1) is 0 Å². The number of hydrogen-bond donors (Lipinski definition) is 1. The summed E-state index contributed by atoms with van der Waals surface area (Å²) in [7, 11) is 0. The highest BCUT2D eigenvalue weighted by Crippen LogP contribution is 2.44. The van der Waals surface area contributed by atoms with E-state index in [-0.39, 0.29) is 30.9 Å². The number of Topliss-reactive ketones (excluding diaryl/α,β-unsaturated/α-hetero) is 1. The Kier molecular flexibility index (Phi) is 6.33. The molecule has 1 amide bonds. The summed E-state index contributed by atoms with van der Waals surface area (Å²) in [5.74, 6) is -0.965. The van der Waals surface area contributed by atoms with Gasteiger partial charge in [0.15, 0.2) is 5.78 Å². The molecule has 1 saturated heterocycles. The van der Waals surface area contributed by atoms with Gasteiger partial charge >= 0.3 is 12.1 Å². The number of carbonyl (C=O) groups is 3. The minimum Gasteiger partial charge on any atom is -0.480 e. The van der Waals surface area contributed by atoms with E-state index in [1.807, 2.05) is 42.5 Å². The summed E-state index contributed by atoms with van der Waals surface area (Å²) < 4.78 is 5.83. The molecule has 3 aromatic rings. The van der Waals surface area contributed by atoms with Crippen LogP contribution in [0.15, 0.2) is 66.7 Å². The van der Waals surface area contributed by atoms with E-state index in [9.17, 15) is 14.4 Å². The molecule has 0 bridgehead atoms. The average Bonchev–Trinajstić information content (AvgIpc) is 3.25. The minimum absolute atomic E-state index is 0.0338. The molecule has 2 aliphatic heterocycles.